The summed E-state index contributed by atoms with van der Waals surface area (Å²) in [5, 5.41) is 6.55. The van der Waals surface area contributed by atoms with E-state index in [9.17, 15) is 0 Å². The number of methoxy groups -OCH3 is 1. The van der Waals surface area contributed by atoms with E-state index in [1.54, 1.807) is 20.4 Å². The zero-order valence-electron chi connectivity index (χ0n) is 15.4. The standard InChI is InChI=1S/C19H26N4O2.HI/c1-15(25-18-9-7-17(24-3)8-10-18)14-23-19(20-2)22-13-11-16-6-4-5-12-21-16;/h4-10,12,15H,11,13-14H2,1-3H3,(H2,20,22,23);1H. The molecular formula is C19H27IN4O2. The summed E-state index contributed by atoms with van der Waals surface area (Å²) in [6, 6.07) is 13.5. The molecule has 0 aliphatic carbocycles. The van der Waals surface area contributed by atoms with E-state index in [-0.39, 0.29) is 30.1 Å². The summed E-state index contributed by atoms with van der Waals surface area (Å²) < 4.78 is 11.0. The number of pyridine rings is 1. The van der Waals surface area contributed by atoms with Gasteiger partial charge in [-0.2, -0.15) is 0 Å². The predicted octanol–water partition coefficient (Wildman–Crippen LogP) is 2.88. The average molecular weight is 470 g/mol. The van der Waals surface area contributed by atoms with E-state index in [0.717, 1.165) is 36.1 Å². The van der Waals surface area contributed by atoms with Crippen molar-refractivity contribution >= 4 is 29.9 Å². The van der Waals surface area contributed by atoms with E-state index in [1.165, 1.54) is 0 Å². The predicted molar refractivity (Wildman–Crippen MR) is 116 cm³/mol. The molecule has 0 radical (unpaired) electrons. The lowest BCUT2D eigenvalue weighted by molar-refractivity contribution is 0.223. The Kier molecular flexibility index (Phi) is 10.5. The maximum absolute atomic E-state index is 5.87. The Hall–Kier alpha value is -2.03. The van der Waals surface area contributed by atoms with Gasteiger partial charge >= 0.3 is 0 Å². The van der Waals surface area contributed by atoms with Crippen molar-refractivity contribution in [3.63, 3.8) is 0 Å². The second-order valence-electron chi connectivity index (χ2n) is 5.55. The molecule has 2 rings (SSSR count). The van der Waals surface area contributed by atoms with Gasteiger partial charge in [0.2, 0.25) is 0 Å². The molecule has 0 fully saturated rings. The van der Waals surface area contributed by atoms with Crippen molar-refractivity contribution in [2.75, 3.05) is 27.2 Å². The fourth-order valence-corrected chi connectivity index (χ4v) is 2.24. The van der Waals surface area contributed by atoms with Gasteiger partial charge in [0.05, 0.1) is 13.7 Å². The van der Waals surface area contributed by atoms with Crippen LogP contribution in [0.15, 0.2) is 53.7 Å². The van der Waals surface area contributed by atoms with E-state index in [0.29, 0.717) is 6.54 Å². The smallest absolute Gasteiger partial charge is 0.191 e. The van der Waals surface area contributed by atoms with Crippen LogP contribution in [0.5, 0.6) is 11.5 Å². The van der Waals surface area contributed by atoms with Crippen molar-refractivity contribution in [3.8, 4) is 11.5 Å². The normalized spacial score (nSPS) is 11.9. The van der Waals surface area contributed by atoms with E-state index in [2.05, 4.69) is 20.6 Å². The van der Waals surface area contributed by atoms with Crippen molar-refractivity contribution in [3.05, 3.63) is 54.4 Å². The average Bonchev–Trinajstić information content (AvgIpc) is 2.66. The Labute approximate surface area is 172 Å². The SMILES string of the molecule is CN=C(NCCc1ccccn1)NCC(C)Oc1ccc(OC)cc1.I. The maximum atomic E-state index is 5.87. The lowest BCUT2D eigenvalue weighted by Crippen LogP contribution is -2.42. The quantitative estimate of drug-likeness (QED) is 0.353. The molecule has 0 spiro atoms. The Morgan fingerprint density at radius 3 is 2.46 bits per heavy atom. The van der Waals surface area contributed by atoms with Gasteiger partial charge in [0.25, 0.3) is 0 Å². The molecule has 7 heteroatoms. The van der Waals surface area contributed by atoms with E-state index < -0.39 is 0 Å². The third-order valence-electron chi connectivity index (χ3n) is 3.58. The Morgan fingerprint density at radius 1 is 1.12 bits per heavy atom. The highest BCUT2D eigenvalue weighted by Crippen LogP contribution is 2.17. The minimum atomic E-state index is 0. The first-order valence-electron chi connectivity index (χ1n) is 8.36. The molecule has 26 heavy (non-hydrogen) atoms. The molecule has 1 unspecified atom stereocenters. The molecule has 2 aromatic rings. The number of ether oxygens (including phenoxy) is 2. The fraction of sp³-hybridized carbons (Fsp3) is 0.368. The van der Waals surface area contributed by atoms with Crippen molar-refractivity contribution in [1.29, 1.82) is 0 Å². The van der Waals surface area contributed by atoms with Gasteiger partial charge in [-0.05, 0) is 43.3 Å². The number of benzene rings is 1. The third kappa shape index (κ3) is 7.90. The zero-order valence-corrected chi connectivity index (χ0v) is 17.8. The molecule has 0 saturated carbocycles. The first-order chi connectivity index (χ1) is 12.2. The van der Waals surface area contributed by atoms with E-state index >= 15 is 0 Å². The molecule has 0 bridgehead atoms. The summed E-state index contributed by atoms with van der Waals surface area (Å²) in [6.45, 7) is 3.43. The van der Waals surface area contributed by atoms with Crippen LogP contribution in [0.3, 0.4) is 0 Å². The van der Waals surface area contributed by atoms with Crippen molar-refractivity contribution in [1.82, 2.24) is 15.6 Å². The molecule has 0 aliphatic heterocycles. The molecule has 0 aliphatic rings. The molecule has 0 saturated heterocycles. The highest BCUT2D eigenvalue weighted by atomic mass is 127. The van der Waals surface area contributed by atoms with Crippen molar-refractivity contribution < 1.29 is 9.47 Å². The molecular weight excluding hydrogens is 443 g/mol. The van der Waals surface area contributed by atoms with E-state index in [1.807, 2.05) is 49.4 Å². The Balaban J connectivity index is 0.00000338. The number of guanidine groups is 1. The zero-order chi connectivity index (χ0) is 17.9. The monoisotopic (exact) mass is 470 g/mol. The molecule has 0 amide bonds. The number of aromatic nitrogens is 1. The molecule has 1 aromatic carbocycles. The Morgan fingerprint density at radius 2 is 1.85 bits per heavy atom. The number of aliphatic imine (C=N–C) groups is 1. The number of nitrogens with zero attached hydrogens (tertiary/aromatic N) is 2. The van der Waals surface area contributed by atoms with Crippen LogP contribution in [-0.2, 0) is 6.42 Å². The summed E-state index contributed by atoms with van der Waals surface area (Å²) in [7, 11) is 3.40. The molecule has 1 heterocycles. The third-order valence-corrected chi connectivity index (χ3v) is 3.58. The first kappa shape index (κ1) is 22.0. The van der Waals surface area contributed by atoms with Gasteiger partial charge in [-0.15, -0.1) is 24.0 Å². The second kappa shape index (κ2) is 12.3. The van der Waals surface area contributed by atoms with Crippen LogP contribution in [0.2, 0.25) is 0 Å². The van der Waals surface area contributed by atoms with Gasteiger partial charge in [-0.25, -0.2) is 0 Å². The summed E-state index contributed by atoms with van der Waals surface area (Å²) in [5.41, 5.74) is 1.06. The van der Waals surface area contributed by atoms with Crippen LogP contribution in [0, 0.1) is 0 Å². The minimum Gasteiger partial charge on any atom is -0.497 e. The van der Waals surface area contributed by atoms with Crippen LogP contribution >= 0.6 is 24.0 Å². The molecule has 142 valence electrons. The summed E-state index contributed by atoms with van der Waals surface area (Å²) >= 11 is 0. The molecule has 2 N–H and O–H groups in total. The number of hydrogen-bond acceptors (Lipinski definition) is 4. The van der Waals surface area contributed by atoms with Crippen molar-refractivity contribution in [2.45, 2.75) is 19.4 Å². The lowest BCUT2D eigenvalue weighted by Gasteiger charge is -2.18. The highest BCUT2D eigenvalue weighted by molar-refractivity contribution is 14.0. The van der Waals surface area contributed by atoms with E-state index in [4.69, 9.17) is 9.47 Å². The fourth-order valence-electron chi connectivity index (χ4n) is 2.24. The van der Waals surface area contributed by atoms with Crippen LogP contribution in [-0.4, -0.2) is 44.3 Å². The number of rotatable bonds is 8. The van der Waals surface area contributed by atoms with Gasteiger partial charge < -0.3 is 20.1 Å². The molecule has 1 aromatic heterocycles. The summed E-state index contributed by atoms with van der Waals surface area (Å²) in [4.78, 5) is 8.53. The van der Waals surface area contributed by atoms with Gasteiger partial charge in [0.15, 0.2) is 5.96 Å². The van der Waals surface area contributed by atoms with Crippen LogP contribution in [0.25, 0.3) is 0 Å². The van der Waals surface area contributed by atoms with Crippen LogP contribution < -0.4 is 20.1 Å². The number of halogens is 1. The largest absolute Gasteiger partial charge is 0.497 e. The number of hydrogen-bond donors (Lipinski definition) is 2. The topological polar surface area (TPSA) is 67.8 Å². The van der Waals surface area contributed by atoms with Gasteiger partial charge in [0, 0.05) is 31.9 Å². The Bertz CT molecular complexity index is 650. The van der Waals surface area contributed by atoms with Gasteiger partial charge in [-0.3, -0.25) is 9.98 Å². The highest BCUT2D eigenvalue weighted by Gasteiger charge is 2.06. The van der Waals surface area contributed by atoms with Gasteiger partial charge in [0.1, 0.15) is 17.6 Å². The minimum absolute atomic E-state index is 0. The summed E-state index contributed by atoms with van der Waals surface area (Å²) in [6.07, 6.45) is 2.66. The van der Waals surface area contributed by atoms with Crippen LogP contribution in [0.4, 0.5) is 0 Å². The number of nitrogens with one attached hydrogen (secondary N) is 2. The van der Waals surface area contributed by atoms with Crippen LogP contribution in [0.1, 0.15) is 12.6 Å². The van der Waals surface area contributed by atoms with Gasteiger partial charge in [-0.1, -0.05) is 6.07 Å². The second-order valence-corrected chi connectivity index (χ2v) is 5.55. The van der Waals surface area contributed by atoms with Crippen molar-refractivity contribution in [2.24, 2.45) is 4.99 Å². The first-order valence-corrected chi connectivity index (χ1v) is 8.36. The molecule has 1 atom stereocenters. The molecule has 6 nitrogen and oxygen atoms in total. The lowest BCUT2D eigenvalue weighted by atomic mass is 10.3. The maximum Gasteiger partial charge on any atom is 0.191 e. The summed E-state index contributed by atoms with van der Waals surface area (Å²) in [5.74, 6) is 2.38.